The first kappa shape index (κ1) is 20.3. The Morgan fingerprint density at radius 3 is 2.50 bits per heavy atom. The number of aliphatic hydroxyl groups excluding tert-OH is 1. The highest BCUT2D eigenvalue weighted by Gasteiger charge is 2.34. The van der Waals surface area contributed by atoms with Crippen molar-refractivity contribution in [3.8, 4) is 0 Å². The van der Waals surface area contributed by atoms with Gasteiger partial charge in [-0.25, -0.2) is 13.2 Å². The van der Waals surface area contributed by atoms with Crippen LogP contribution in [-0.2, 0) is 0 Å². The predicted molar refractivity (Wildman–Crippen MR) is 112 cm³/mol. The van der Waals surface area contributed by atoms with Crippen LogP contribution >= 0.6 is 0 Å². The van der Waals surface area contributed by atoms with Gasteiger partial charge in [0.1, 0.15) is 11.5 Å². The molecule has 2 heterocycles. The molecule has 32 heavy (non-hydrogen) atoms. The predicted octanol–water partition coefficient (Wildman–Crippen LogP) is 4.07. The van der Waals surface area contributed by atoms with Gasteiger partial charge in [0, 0.05) is 23.5 Å². The fourth-order valence-corrected chi connectivity index (χ4v) is 4.52. The van der Waals surface area contributed by atoms with E-state index in [1.165, 1.54) is 29.2 Å². The second-order valence-corrected chi connectivity index (χ2v) is 8.03. The number of nitrogens with zero attached hydrogens (tertiary/aromatic N) is 1. The first-order valence-electron chi connectivity index (χ1n) is 10.0. The van der Waals surface area contributed by atoms with Gasteiger partial charge in [0.15, 0.2) is 11.6 Å². The van der Waals surface area contributed by atoms with Crippen molar-refractivity contribution < 1.29 is 23.1 Å². The third-order valence-electron chi connectivity index (χ3n) is 6.11. The summed E-state index contributed by atoms with van der Waals surface area (Å²) in [5, 5.41) is 11.1. The molecule has 1 aliphatic rings. The van der Waals surface area contributed by atoms with Crippen LogP contribution < -0.4 is 5.56 Å². The third-order valence-corrected chi connectivity index (χ3v) is 6.11. The Morgan fingerprint density at radius 2 is 1.75 bits per heavy atom. The highest BCUT2D eigenvalue weighted by molar-refractivity contribution is 5.98. The molecule has 9 heteroatoms. The van der Waals surface area contributed by atoms with Crippen LogP contribution in [0.25, 0.3) is 21.7 Å². The maximum atomic E-state index is 14.1. The molecule has 0 saturated heterocycles. The zero-order chi connectivity index (χ0) is 22.7. The van der Waals surface area contributed by atoms with E-state index in [2.05, 4.69) is 9.97 Å². The number of carbonyl (C=O) groups excluding carboxylic acids is 1. The molecular formula is C23H18F3N3O3. The Hall–Kier alpha value is -3.59. The van der Waals surface area contributed by atoms with Crippen LogP contribution in [0.15, 0.2) is 41.2 Å². The van der Waals surface area contributed by atoms with Crippen molar-refractivity contribution in [1.82, 2.24) is 14.9 Å². The molecule has 0 spiro atoms. The summed E-state index contributed by atoms with van der Waals surface area (Å²) >= 11 is 0. The summed E-state index contributed by atoms with van der Waals surface area (Å²) in [6.45, 7) is 0. The SMILES string of the molecule is CN(C(=O)c1cc2cc(F)ccc2[nH]1)[C@H]1CC[C@@H](O)c2[nH]c(=O)c3cc(F)c(F)cc3c21. The summed E-state index contributed by atoms with van der Waals surface area (Å²) in [4.78, 5) is 32.7. The van der Waals surface area contributed by atoms with Crippen molar-refractivity contribution in [3.63, 3.8) is 0 Å². The maximum absolute atomic E-state index is 14.1. The van der Waals surface area contributed by atoms with Gasteiger partial charge in [-0.2, -0.15) is 0 Å². The summed E-state index contributed by atoms with van der Waals surface area (Å²) in [5.74, 6) is -3.12. The summed E-state index contributed by atoms with van der Waals surface area (Å²) < 4.78 is 41.4. The first-order chi connectivity index (χ1) is 15.2. The van der Waals surface area contributed by atoms with Gasteiger partial charge in [-0.1, -0.05) is 0 Å². The lowest BCUT2D eigenvalue weighted by Gasteiger charge is -2.35. The minimum absolute atomic E-state index is 0.0660. The number of amides is 1. The quantitative estimate of drug-likeness (QED) is 0.438. The van der Waals surface area contributed by atoms with Gasteiger partial charge in [-0.15, -0.1) is 0 Å². The van der Waals surface area contributed by atoms with E-state index in [9.17, 15) is 27.9 Å². The molecule has 1 aliphatic carbocycles. The highest BCUT2D eigenvalue weighted by Crippen LogP contribution is 2.41. The standard InChI is InChI=1S/C23H18F3N3O3/c1-29(23(32)17-7-10-6-11(24)2-3-16(10)27-17)18-4-5-19(30)21-20(18)12-8-14(25)15(26)9-13(12)22(31)28-21/h2-3,6-9,18-19,27,30H,4-5H2,1H3,(H,28,31)/t18-,19+/m0/s1. The Balaban J connectivity index is 1.64. The fraction of sp³-hybridized carbons (Fsp3) is 0.217. The number of aromatic nitrogens is 2. The zero-order valence-corrected chi connectivity index (χ0v) is 16.9. The van der Waals surface area contributed by atoms with Crippen molar-refractivity contribution in [3.05, 3.63) is 81.2 Å². The number of rotatable bonds is 2. The molecule has 1 amide bonds. The number of halogens is 3. The van der Waals surface area contributed by atoms with E-state index >= 15 is 0 Å². The van der Waals surface area contributed by atoms with Gasteiger partial charge in [0.25, 0.3) is 11.5 Å². The van der Waals surface area contributed by atoms with Crippen molar-refractivity contribution >= 4 is 27.6 Å². The molecule has 6 nitrogen and oxygen atoms in total. The van der Waals surface area contributed by atoms with E-state index in [0.29, 0.717) is 22.9 Å². The number of carbonyl (C=O) groups is 1. The fourth-order valence-electron chi connectivity index (χ4n) is 4.52. The molecule has 164 valence electrons. The lowest BCUT2D eigenvalue weighted by Crippen LogP contribution is -2.35. The molecule has 2 aromatic heterocycles. The molecule has 5 rings (SSSR count). The zero-order valence-electron chi connectivity index (χ0n) is 16.9. The van der Waals surface area contributed by atoms with Crippen LogP contribution in [0.3, 0.4) is 0 Å². The Morgan fingerprint density at radius 1 is 1.03 bits per heavy atom. The van der Waals surface area contributed by atoms with Gasteiger partial charge in [0.05, 0.1) is 23.2 Å². The highest BCUT2D eigenvalue weighted by atomic mass is 19.2. The summed E-state index contributed by atoms with van der Waals surface area (Å²) in [7, 11) is 1.55. The van der Waals surface area contributed by atoms with Gasteiger partial charge in [0.2, 0.25) is 0 Å². The number of nitrogens with one attached hydrogen (secondary N) is 2. The van der Waals surface area contributed by atoms with Crippen molar-refractivity contribution in [2.45, 2.75) is 25.0 Å². The average Bonchev–Trinajstić information content (AvgIpc) is 3.18. The normalized spacial score (nSPS) is 18.2. The summed E-state index contributed by atoms with van der Waals surface area (Å²) in [5.41, 5.74) is 0.726. The number of hydrogen-bond donors (Lipinski definition) is 3. The largest absolute Gasteiger partial charge is 0.387 e. The number of aromatic amines is 2. The van der Waals surface area contributed by atoms with Crippen LogP contribution in [0.5, 0.6) is 0 Å². The van der Waals surface area contributed by atoms with Gasteiger partial charge in [-0.3, -0.25) is 9.59 Å². The summed E-state index contributed by atoms with van der Waals surface area (Å²) in [6, 6.07) is 6.78. The minimum atomic E-state index is -1.16. The monoisotopic (exact) mass is 441 g/mol. The van der Waals surface area contributed by atoms with Crippen LogP contribution in [0.2, 0.25) is 0 Å². The van der Waals surface area contributed by atoms with Crippen molar-refractivity contribution in [2.75, 3.05) is 7.05 Å². The smallest absolute Gasteiger partial charge is 0.270 e. The van der Waals surface area contributed by atoms with E-state index in [0.717, 1.165) is 12.1 Å². The Kier molecular flexibility index (Phi) is 4.59. The molecule has 0 aliphatic heterocycles. The molecule has 4 aromatic rings. The first-order valence-corrected chi connectivity index (χ1v) is 10.0. The lowest BCUT2D eigenvalue weighted by molar-refractivity contribution is 0.0657. The third kappa shape index (κ3) is 3.08. The van der Waals surface area contributed by atoms with Crippen LogP contribution in [-0.4, -0.2) is 32.9 Å². The van der Waals surface area contributed by atoms with Crippen molar-refractivity contribution in [2.24, 2.45) is 0 Å². The van der Waals surface area contributed by atoms with Crippen LogP contribution in [0.4, 0.5) is 13.2 Å². The molecule has 0 bridgehead atoms. The van der Waals surface area contributed by atoms with Crippen LogP contribution in [0.1, 0.15) is 46.7 Å². The molecule has 3 N–H and O–H groups in total. The number of benzene rings is 2. The topological polar surface area (TPSA) is 89.2 Å². The van der Waals surface area contributed by atoms with Gasteiger partial charge >= 0.3 is 0 Å². The number of fused-ring (bicyclic) bond motifs is 4. The van der Waals surface area contributed by atoms with E-state index in [4.69, 9.17) is 0 Å². The molecule has 0 saturated carbocycles. The second-order valence-electron chi connectivity index (χ2n) is 8.03. The van der Waals surface area contributed by atoms with E-state index in [-0.39, 0.29) is 28.6 Å². The Bertz CT molecular complexity index is 1460. The molecule has 0 fully saturated rings. The average molecular weight is 441 g/mol. The number of aliphatic hydroxyl groups is 1. The minimum Gasteiger partial charge on any atom is -0.387 e. The second kappa shape index (κ2) is 7.23. The number of pyridine rings is 1. The molecule has 0 unspecified atom stereocenters. The van der Waals surface area contributed by atoms with E-state index in [1.54, 1.807) is 7.05 Å². The Labute approximate surface area is 179 Å². The number of H-pyrrole nitrogens is 2. The maximum Gasteiger partial charge on any atom is 0.270 e. The molecular weight excluding hydrogens is 423 g/mol. The van der Waals surface area contributed by atoms with E-state index < -0.39 is 41.1 Å². The van der Waals surface area contributed by atoms with E-state index in [1.807, 2.05) is 0 Å². The molecule has 2 atom stereocenters. The number of hydrogen-bond acceptors (Lipinski definition) is 3. The van der Waals surface area contributed by atoms with Gasteiger partial charge in [-0.05, 0) is 54.6 Å². The van der Waals surface area contributed by atoms with Gasteiger partial charge < -0.3 is 20.0 Å². The van der Waals surface area contributed by atoms with Crippen molar-refractivity contribution in [1.29, 1.82) is 0 Å². The van der Waals surface area contributed by atoms with Crippen LogP contribution in [0, 0.1) is 17.5 Å². The molecule has 2 aromatic carbocycles. The molecule has 0 radical (unpaired) electrons. The summed E-state index contributed by atoms with van der Waals surface area (Å²) in [6.07, 6.45) is -0.407. The lowest BCUT2D eigenvalue weighted by atomic mass is 9.85.